The fourth-order valence-electron chi connectivity index (χ4n) is 2.00. The van der Waals surface area contributed by atoms with Crippen molar-refractivity contribution in [3.05, 3.63) is 33.7 Å². The van der Waals surface area contributed by atoms with Crippen LogP contribution in [0.15, 0.2) is 12.1 Å². The number of methoxy groups -OCH3 is 1. The molecule has 0 saturated carbocycles. The van der Waals surface area contributed by atoms with Gasteiger partial charge in [0.25, 0.3) is 0 Å². The first-order chi connectivity index (χ1) is 8.45. The first kappa shape index (κ1) is 12.6. The summed E-state index contributed by atoms with van der Waals surface area (Å²) in [6.45, 7) is 3.80. The Balaban J connectivity index is 2.88. The molecule has 5 heteroatoms. The molecule has 0 bridgehead atoms. The van der Waals surface area contributed by atoms with Crippen molar-refractivity contribution in [1.29, 1.82) is 0 Å². The van der Waals surface area contributed by atoms with Gasteiger partial charge in [-0.2, -0.15) is 0 Å². The van der Waals surface area contributed by atoms with Crippen LogP contribution in [0.4, 0.5) is 0 Å². The molecule has 0 aliphatic rings. The van der Waals surface area contributed by atoms with Crippen LogP contribution >= 0.6 is 11.3 Å². The number of carboxylic acid groups (broad SMARTS) is 1. The fraction of sp³-hybridized carbons (Fsp3) is 0.231. The number of hydrogen-bond donors (Lipinski definition) is 1. The van der Waals surface area contributed by atoms with E-state index in [9.17, 15) is 14.7 Å². The number of carbonyl (C=O) groups excluding carboxylic acids is 1. The number of carboxylic acids is 1. The van der Waals surface area contributed by atoms with Gasteiger partial charge in [0.15, 0.2) is 0 Å². The third-order valence-electron chi connectivity index (χ3n) is 2.70. The summed E-state index contributed by atoms with van der Waals surface area (Å²) in [5.41, 5.74) is 1.97. The van der Waals surface area contributed by atoms with E-state index in [0.29, 0.717) is 5.39 Å². The molecule has 0 saturated heterocycles. The predicted molar refractivity (Wildman–Crippen MR) is 69.6 cm³/mol. The Morgan fingerprint density at radius 2 is 1.94 bits per heavy atom. The second-order valence-corrected chi connectivity index (χ2v) is 5.08. The van der Waals surface area contributed by atoms with Crippen LogP contribution in [0.5, 0.6) is 0 Å². The molecule has 2 aromatic rings. The second kappa shape index (κ2) is 4.42. The van der Waals surface area contributed by atoms with E-state index in [1.807, 2.05) is 19.9 Å². The summed E-state index contributed by atoms with van der Waals surface area (Å²) in [4.78, 5) is 23.1. The van der Waals surface area contributed by atoms with Gasteiger partial charge < -0.3 is 9.84 Å². The number of carbonyl (C=O) groups is 2. The van der Waals surface area contributed by atoms with Crippen molar-refractivity contribution in [2.75, 3.05) is 7.11 Å². The number of fused-ring (bicyclic) bond motifs is 1. The third-order valence-corrected chi connectivity index (χ3v) is 4.03. The molecule has 1 heterocycles. The van der Waals surface area contributed by atoms with Gasteiger partial charge in [0, 0.05) is 10.1 Å². The highest BCUT2D eigenvalue weighted by Crippen LogP contribution is 2.35. The third kappa shape index (κ3) is 1.86. The first-order valence-electron chi connectivity index (χ1n) is 5.31. The van der Waals surface area contributed by atoms with Gasteiger partial charge >= 0.3 is 11.9 Å². The van der Waals surface area contributed by atoms with Crippen LogP contribution in [0.1, 0.15) is 31.2 Å². The molecule has 0 radical (unpaired) electrons. The first-order valence-corrected chi connectivity index (χ1v) is 6.12. The van der Waals surface area contributed by atoms with E-state index in [1.165, 1.54) is 7.11 Å². The quantitative estimate of drug-likeness (QED) is 0.847. The average Bonchev–Trinajstić information content (AvgIpc) is 2.67. The lowest BCUT2D eigenvalue weighted by atomic mass is 10.1. The molecule has 1 aromatic heterocycles. The normalized spacial score (nSPS) is 10.6. The van der Waals surface area contributed by atoms with Crippen molar-refractivity contribution < 1.29 is 19.4 Å². The van der Waals surface area contributed by atoms with Crippen molar-refractivity contribution in [3.63, 3.8) is 0 Å². The number of benzene rings is 1. The Kier molecular flexibility index (Phi) is 3.09. The Hall–Kier alpha value is -1.88. The van der Waals surface area contributed by atoms with Gasteiger partial charge in [-0.15, -0.1) is 11.3 Å². The van der Waals surface area contributed by atoms with E-state index in [1.54, 1.807) is 6.07 Å². The summed E-state index contributed by atoms with van der Waals surface area (Å²) in [5, 5.41) is 9.88. The van der Waals surface area contributed by atoms with Crippen molar-refractivity contribution >= 4 is 33.4 Å². The Morgan fingerprint density at radius 1 is 1.28 bits per heavy atom. The number of aromatic carboxylic acids is 1. The molecule has 4 nitrogen and oxygen atoms in total. The molecule has 2 rings (SSSR count). The van der Waals surface area contributed by atoms with E-state index in [4.69, 9.17) is 0 Å². The van der Waals surface area contributed by atoms with Crippen molar-refractivity contribution in [1.82, 2.24) is 0 Å². The SMILES string of the molecule is COC(=O)c1sc2c(C)cc(C)cc2c1C(=O)O. The summed E-state index contributed by atoms with van der Waals surface area (Å²) < 4.78 is 5.45. The number of esters is 1. The van der Waals surface area contributed by atoms with E-state index >= 15 is 0 Å². The Morgan fingerprint density at radius 3 is 2.50 bits per heavy atom. The smallest absolute Gasteiger partial charge is 0.348 e. The zero-order valence-electron chi connectivity index (χ0n) is 10.2. The molecule has 0 unspecified atom stereocenters. The number of rotatable bonds is 2. The highest BCUT2D eigenvalue weighted by molar-refractivity contribution is 7.21. The van der Waals surface area contributed by atoms with Crippen LogP contribution in [0.3, 0.4) is 0 Å². The molecule has 0 aliphatic heterocycles. The van der Waals surface area contributed by atoms with Gasteiger partial charge in [-0.25, -0.2) is 9.59 Å². The molecule has 1 N–H and O–H groups in total. The molecule has 0 fully saturated rings. The van der Waals surface area contributed by atoms with E-state index in [2.05, 4.69) is 4.74 Å². The highest BCUT2D eigenvalue weighted by Gasteiger charge is 2.24. The van der Waals surface area contributed by atoms with Gasteiger partial charge in [-0.3, -0.25) is 0 Å². The summed E-state index contributed by atoms with van der Waals surface area (Å²) in [6.07, 6.45) is 0. The zero-order chi connectivity index (χ0) is 13.4. The minimum absolute atomic E-state index is 0.0358. The fourth-order valence-corrected chi connectivity index (χ4v) is 3.16. The Labute approximate surface area is 108 Å². The van der Waals surface area contributed by atoms with Crippen LogP contribution in [-0.2, 0) is 4.74 Å². The largest absolute Gasteiger partial charge is 0.478 e. The number of hydrogen-bond acceptors (Lipinski definition) is 4. The van der Waals surface area contributed by atoms with E-state index < -0.39 is 11.9 Å². The van der Waals surface area contributed by atoms with Gasteiger partial charge in [0.05, 0.1) is 12.7 Å². The lowest BCUT2D eigenvalue weighted by molar-refractivity contribution is 0.0589. The zero-order valence-corrected chi connectivity index (χ0v) is 11.1. The van der Waals surface area contributed by atoms with Crippen LogP contribution in [0.2, 0.25) is 0 Å². The standard InChI is InChI=1S/C13H12O4S/c1-6-4-7(2)10-8(5-6)9(12(14)15)11(18-10)13(16)17-3/h4-5H,1-3H3,(H,14,15). The number of aryl methyl sites for hydroxylation is 2. The molecule has 0 aliphatic carbocycles. The number of thiophene rings is 1. The maximum absolute atomic E-state index is 11.6. The predicted octanol–water partition coefficient (Wildman–Crippen LogP) is 3.00. The topological polar surface area (TPSA) is 63.6 Å². The molecule has 0 atom stereocenters. The minimum atomic E-state index is -1.10. The van der Waals surface area contributed by atoms with Crippen molar-refractivity contribution in [3.8, 4) is 0 Å². The van der Waals surface area contributed by atoms with Crippen LogP contribution in [0, 0.1) is 13.8 Å². The molecular formula is C13H12O4S. The van der Waals surface area contributed by atoms with E-state index in [0.717, 1.165) is 27.2 Å². The lowest BCUT2D eigenvalue weighted by Gasteiger charge is -2.00. The maximum Gasteiger partial charge on any atom is 0.348 e. The summed E-state index contributed by atoms with van der Waals surface area (Å²) in [6, 6.07) is 3.75. The monoisotopic (exact) mass is 264 g/mol. The summed E-state index contributed by atoms with van der Waals surface area (Å²) >= 11 is 1.16. The van der Waals surface area contributed by atoms with Crippen molar-refractivity contribution in [2.24, 2.45) is 0 Å². The minimum Gasteiger partial charge on any atom is -0.478 e. The molecule has 94 valence electrons. The van der Waals surface area contributed by atoms with Crippen LogP contribution in [0.25, 0.3) is 10.1 Å². The van der Waals surface area contributed by atoms with Gasteiger partial charge in [0.2, 0.25) is 0 Å². The average molecular weight is 264 g/mol. The Bertz CT molecular complexity index is 655. The number of ether oxygens (including phenoxy) is 1. The molecular weight excluding hydrogens is 252 g/mol. The maximum atomic E-state index is 11.6. The lowest BCUT2D eigenvalue weighted by Crippen LogP contribution is -2.06. The molecule has 18 heavy (non-hydrogen) atoms. The van der Waals surface area contributed by atoms with Crippen LogP contribution < -0.4 is 0 Å². The molecule has 1 aromatic carbocycles. The van der Waals surface area contributed by atoms with Gasteiger partial charge in [0.1, 0.15) is 4.88 Å². The van der Waals surface area contributed by atoms with Gasteiger partial charge in [-0.05, 0) is 25.5 Å². The van der Waals surface area contributed by atoms with E-state index in [-0.39, 0.29) is 10.4 Å². The van der Waals surface area contributed by atoms with Crippen LogP contribution in [-0.4, -0.2) is 24.2 Å². The van der Waals surface area contributed by atoms with Gasteiger partial charge in [-0.1, -0.05) is 11.6 Å². The van der Waals surface area contributed by atoms with Crippen molar-refractivity contribution in [2.45, 2.75) is 13.8 Å². The second-order valence-electron chi connectivity index (χ2n) is 4.06. The summed E-state index contributed by atoms with van der Waals surface area (Å²) in [5.74, 6) is -1.71. The molecule has 0 spiro atoms. The molecule has 0 amide bonds. The highest BCUT2D eigenvalue weighted by atomic mass is 32.1. The summed E-state index contributed by atoms with van der Waals surface area (Å²) in [7, 11) is 1.25.